The van der Waals surface area contributed by atoms with E-state index in [0.717, 1.165) is 11.1 Å². The molecular weight excluding hydrogens is 292 g/mol. The van der Waals surface area contributed by atoms with Crippen LogP contribution in [-0.4, -0.2) is 32.4 Å². The van der Waals surface area contributed by atoms with E-state index in [-0.39, 0.29) is 5.91 Å². The molecule has 0 atom stereocenters. The maximum Gasteiger partial charge on any atom is 0.227 e. The summed E-state index contributed by atoms with van der Waals surface area (Å²) in [4.78, 5) is 28.6. The Kier molecular flexibility index (Phi) is 4.37. The minimum Gasteiger partial charge on any atom is -0.369 e. The summed E-state index contributed by atoms with van der Waals surface area (Å²) in [6, 6.07) is 7.34. The SMILES string of the molecule is Cc1ccc(NC(=O)CCNc2ccc3nccnc3n2)nc1. The Hall–Kier alpha value is -3.09. The van der Waals surface area contributed by atoms with E-state index in [4.69, 9.17) is 0 Å². The minimum absolute atomic E-state index is 0.102. The summed E-state index contributed by atoms with van der Waals surface area (Å²) >= 11 is 0. The molecule has 0 saturated heterocycles. The number of nitrogens with one attached hydrogen (secondary N) is 2. The number of hydrogen-bond acceptors (Lipinski definition) is 6. The van der Waals surface area contributed by atoms with Crippen LogP contribution >= 0.6 is 0 Å². The fraction of sp³-hybridized carbons (Fsp3) is 0.188. The molecule has 7 nitrogen and oxygen atoms in total. The van der Waals surface area contributed by atoms with E-state index in [1.165, 1.54) is 0 Å². The summed E-state index contributed by atoms with van der Waals surface area (Å²) in [5.41, 5.74) is 2.36. The van der Waals surface area contributed by atoms with Gasteiger partial charge in [0.15, 0.2) is 5.65 Å². The zero-order valence-electron chi connectivity index (χ0n) is 12.7. The van der Waals surface area contributed by atoms with Gasteiger partial charge in [-0.05, 0) is 30.7 Å². The molecule has 1 amide bonds. The first-order valence-corrected chi connectivity index (χ1v) is 7.25. The summed E-state index contributed by atoms with van der Waals surface area (Å²) in [5.74, 6) is 1.12. The Labute approximate surface area is 133 Å². The van der Waals surface area contributed by atoms with Gasteiger partial charge in [-0.15, -0.1) is 0 Å². The third-order valence-corrected chi connectivity index (χ3v) is 3.17. The molecule has 0 bridgehead atoms. The highest BCUT2D eigenvalue weighted by atomic mass is 16.1. The van der Waals surface area contributed by atoms with Crippen molar-refractivity contribution in [2.45, 2.75) is 13.3 Å². The molecule has 0 spiro atoms. The van der Waals surface area contributed by atoms with Crippen molar-refractivity contribution in [2.24, 2.45) is 0 Å². The number of amides is 1. The Bertz CT molecular complexity index is 818. The zero-order valence-corrected chi connectivity index (χ0v) is 12.7. The number of carbonyl (C=O) groups excluding carboxylic acids is 1. The van der Waals surface area contributed by atoms with E-state index in [9.17, 15) is 4.79 Å². The Morgan fingerprint density at radius 1 is 1.04 bits per heavy atom. The lowest BCUT2D eigenvalue weighted by molar-refractivity contribution is -0.116. The lowest BCUT2D eigenvalue weighted by Crippen LogP contribution is -2.17. The maximum absolute atomic E-state index is 11.9. The molecule has 0 radical (unpaired) electrons. The third kappa shape index (κ3) is 3.97. The van der Waals surface area contributed by atoms with E-state index < -0.39 is 0 Å². The highest BCUT2D eigenvalue weighted by Crippen LogP contribution is 2.10. The third-order valence-electron chi connectivity index (χ3n) is 3.17. The molecule has 3 aromatic heterocycles. The first-order valence-electron chi connectivity index (χ1n) is 7.25. The van der Waals surface area contributed by atoms with Crippen molar-refractivity contribution in [3.63, 3.8) is 0 Å². The summed E-state index contributed by atoms with van der Waals surface area (Å²) < 4.78 is 0. The van der Waals surface area contributed by atoms with Crippen molar-refractivity contribution in [3.05, 3.63) is 48.4 Å². The molecule has 0 fully saturated rings. The predicted molar refractivity (Wildman–Crippen MR) is 88.0 cm³/mol. The van der Waals surface area contributed by atoms with Crippen molar-refractivity contribution in [1.29, 1.82) is 0 Å². The minimum atomic E-state index is -0.102. The fourth-order valence-electron chi connectivity index (χ4n) is 2.00. The van der Waals surface area contributed by atoms with Crippen LogP contribution in [-0.2, 0) is 4.79 Å². The monoisotopic (exact) mass is 308 g/mol. The fourth-order valence-corrected chi connectivity index (χ4v) is 2.00. The second-order valence-electron chi connectivity index (χ2n) is 5.04. The van der Waals surface area contributed by atoms with Crippen LogP contribution in [0.3, 0.4) is 0 Å². The number of carbonyl (C=O) groups is 1. The molecule has 3 heterocycles. The van der Waals surface area contributed by atoms with Gasteiger partial charge in [0.1, 0.15) is 17.2 Å². The number of pyridine rings is 2. The van der Waals surface area contributed by atoms with Crippen LogP contribution in [0.4, 0.5) is 11.6 Å². The van der Waals surface area contributed by atoms with Crippen molar-refractivity contribution < 1.29 is 4.79 Å². The molecule has 3 rings (SSSR count). The van der Waals surface area contributed by atoms with Crippen LogP contribution in [0, 0.1) is 6.92 Å². The van der Waals surface area contributed by atoms with Crippen LogP contribution < -0.4 is 10.6 Å². The molecule has 116 valence electrons. The molecule has 0 unspecified atom stereocenters. The molecule has 23 heavy (non-hydrogen) atoms. The van der Waals surface area contributed by atoms with Gasteiger partial charge in [-0.1, -0.05) is 6.07 Å². The van der Waals surface area contributed by atoms with E-state index in [0.29, 0.717) is 30.2 Å². The van der Waals surface area contributed by atoms with Gasteiger partial charge in [-0.2, -0.15) is 0 Å². The molecule has 2 N–H and O–H groups in total. The second kappa shape index (κ2) is 6.78. The van der Waals surface area contributed by atoms with Gasteiger partial charge in [0.2, 0.25) is 5.91 Å². The molecule has 0 aliphatic carbocycles. The highest BCUT2D eigenvalue weighted by molar-refractivity contribution is 5.90. The number of hydrogen-bond donors (Lipinski definition) is 2. The van der Waals surface area contributed by atoms with Crippen molar-refractivity contribution >= 4 is 28.7 Å². The van der Waals surface area contributed by atoms with Crippen molar-refractivity contribution in [3.8, 4) is 0 Å². The van der Waals surface area contributed by atoms with Gasteiger partial charge < -0.3 is 10.6 Å². The van der Waals surface area contributed by atoms with E-state index in [2.05, 4.69) is 30.6 Å². The topological polar surface area (TPSA) is 92.7 Å². The lowest BCUT2D eigenvalue weighted by Gasteiger charge is -2.07. The van der Waals surface area contributed by atoms with Crippen LogP contribution in [0.25, 0.3) is 11.2 Å². The van der Waals surface area contributed by atoms with Gasteiger partial charge >= 0.3 is 0 Å². The summed E-state index contributed by atoms with van der Waals surface area (Å²) in [6.07, 6.45) is 5.26. The van der Waals surface area contributed by atoms with Crippen LogP contribution in [0.1, 0.15) is 12.0 Å². The van der Waals surface area contributed by atoms with Crippen molar-refractivity contribution in [2.75, 3.05) is 17.2 Å². The quantitative estimate of drug-likeness (QED) is 0.750. The maximum atomic E-state index is 11.9. The van der Waals surface area contributed by atoms with Gasteiger partial charge in [-0.25, -0.2) is 15.0 Å². The first-order chi connectivity index (χ1) is 11.2. The first kappa shape index (κ1) is 14.8. The largest absolute Gasteiger partial charge is 0.369 e. The van der Waals surface area contributed by atoms with Crippen LogP contribution in [0.2, 0.25) is 0 Å². The Morgan fingerprint density at radius 2 is 1.87 bits per heavy atom. The van der Waals surface area contributed by atoms with Crippen LogP contribution in [0.15, 0.2) is 42.9 Å². The lowest BCUT2D eigenvalue weighted by atomic mass is 10.3. The number of anilines is 2. The second-order valence-corrected chi connectivity index (χ2v) is 5.04. The van der Waals surface area contributed by atoms with E-state index in [1.54, 1.807) is 24.7 Å². The Morgan fingerprint density at radius 3 is 2.70 bits per heavy atom. The summed E-state index contributed by atoms with van der Waals surface area (Å²) in [7, 11) is 0. The molecule has 0 saturated carbocycles. The highest BCUT2D eigenvalue weighted by Gasteiger charge is 2.04. The average molecular weight is 308 g/mol. The Balaban J connectivity index is 1.51. The number of nitrogens with zero attached hydrogens (tertiary/aromatic N) is 4. The van der Waals surface area contributed by atoms with Gasteiger partial charge in [0.05, 0.1) is 0 Å². The van der Waals surface area contributed by atoms with Gasteiger partial charge in [-0.3, -0.25) is 9.78 Å². The molecule has 7 heteroatoms. The summed E-state index contributed by atoms with van der Waals surface area (Å²) in [5, 5.41) is 5.85. The normalized spacial score (nSPS) is 10.5. The van der Waals surface area contributed by atoms with Crippen LogP contribution in [0.5, 0.6) is 0 Å². The zero-order chi connectivity index (χ0) is 16.1. The molecular formula is C16H16N6O. The summed E-state index contributed by atoms with van der Waals surface area (Å²) in [6.45, 7) is 2.42. The van der Waals surface area contributed by atoms with E-state index in [1.807, 2.05) is 25.1 Å². The van der Waals surface area contributed by atoms with Gasteiger partial charge in [0.25, 0.3) is 0 Å². The molecule has 0 aliphatic heterocycles. The average Bonchev–Trinajstić information content (AvgIpc) is 2.57. The smallest absolute Gasteiger partial charge is 0.227 e. The standard InChI is InChI=1S/C16H16N6O/c1-11-2-4-14(20-10-11)21-15(23)6-7-18-13-5-3-12-16(22-13)19-9-8-17-12/h2-5,8-10H,6-7H2,1H3,(H,18,19,22)(H,20,21,23). The number of fused-ring (bicyclic) bond motifs is 1. The number of aromatic nitrogens is 4. The molecule has 0 aromatic carbocycles. The number of aryl methyl sites for hydroxylation is 1. The van der Waals surface area contributed by atoms with E-state index >= 15 is 0 Å². The van der Waals surface area contributed by atoms with Gasteiger partial charge in [0, 0.05) is 31.6 Å². The molecule has 3 aromatic rings. The van der Waals surface area contributed by atoms with Crippen molar-refractivity contribution in [1.82, 2.24) is 19.9 Å². The predicted octanol–water partition coefficient (Wildman–Crippen LogP) is 2.17. The molecule has 0 aliphatic rings. The number of rotatable bonds is 5.